The third-order valence-electron chi connectivity index (χ3n) is 4.97. The first-order valence-electron chi connectivity index (χ1n) is 10.2. The molecule has 158 valence electrons. The molecule has 0 saturated carbocycles. The van der Waals surface area contributed by atoms with Crippen molar-refractivity contribution in [2.45, 2.75) is 85.7 Å². The number of hydrogen-bond acceptors (Lipinski definition) is 4. The van der Waals surface area contributed by atoms with Crippen LogP contribution in [0.1, 0.15) is 80.1 Å². The fourth-order valence-electron chi connectivity index (χ4n) is 2.81. The van der Waals surface area contributed by atoms with Crippen LogP contribution >= 0.6 is 0 Å². The Bertz CT molecular complexity index is 404. The molecule has 0 bridgehead atoms. The van der Waals surface area contributed by atoms with Crippen LogP contribution in [0.4, 0.5) is 0 Å². The normalized spacial score (nSPS) is 13.8. The van der Waals surface area contributed by atoms with E-state index in [1.165, 1.54) is 0 Å². The van der Waals surface area contributed by atoms with Gasteiger partial charge in [0, 0.05) is 0 Å². The molecule has 0 saturated heterocycles. The molecule has 0 N–H and O–H groups in total. The minimum absolute atomic E-state index is 0.0835. The second kappa shape index (κ2) is 15.8. The van der Waals surface area contributed by atoms with Gasteiger partial charge in [-0.3, -0.25) is 0 Å². The summed E-state index contributed by atoms with van der Waals surface area (Å²) in [4.78, 5) is 0. The van der Waals surface area contributed by atoms with Gasteiger partial charge in [-0.15, -0.1) is 0 Å². The lowest BCUT2D eigenvalue weighted by Crippen LogP contribution is -2.33. The first-order chi connectivity index (χ1) is 12.9. The molecule has 4 nitrogen and oxygen atoms in total. The fraction of sp³-hybridized carbons (Fsp3) is 0.727. The standard InChI is InChI=1S/C22H42O4Si/c1-7-19(4)23-16-10-13-22(26-27,14-11-17-24-20(5)8-2)15-12-18-25-21(6)9-3/h7-9H,10-18H2,1-6,27H3/b19-7-,20-8-,21-9-. The van der Waals surface area contributed by atoms with Crippen molar-refractivity contribution in [1.82, 2.24) is 0 Å². The average Bonchev–Trinajstić information content (AvgIpc) is 2.70. The van der Waals surface area contributed by atoms with Crippen molar-refractivity contribution in [3.05, 3.63) is 35.5 Å². The van der Waals surface area contributed by atoms with Crippen molar-refractivity contribution in [2.75, 3.05) is 19.8 Å². The zero-order valence-electron chi connectivity index (χ0n) is 18.7. The largest absolute Gasteiger partial charge is 0.499 e. The van der Waals surface area contributed by atoms with Crippen molar-refractivity contribution in [1.29, 1.82) is 0 Å². The van der Waals surface area contributed by atoms with Crippen molar-refractivity contribution < 1.29 is 18.6 Å². The number of rotatable bonds is 16. The summed E-state index contributed by atoms with van der Waals surface area (Å²) in [5, 5.41) is 0. The molecule has 0 aromatic carbocycles. The van der Waals surface area contributed by atoms with Crippen LogP contribution in [0.25, 0.3) is 0 Å². The van der Waals surface area contributed by atoms with Gasteiger partial charge >= 0.3 is 0 Å². The quantitative estimate of drug-likeness (QED) is 0.204. The summed E-state index contributed by atoms with van der Waals surface area (Å²) in [5.74, 6) is 2.95. The summed E-state index contributed by atoms with van der Waals surface area (Å²) in [6.45, 7) is 14.2. The van der Waals surface area contributed by atoms with Crippen molar-refractivity contribution in [2.24, 2.45) is 0 Å². The highest BCUT2D eigenvalue weighted by molar-refractivity contribution is 5.98. The van der Waals surface area contributed by atoms with Crippen LogP contribution in [0.2, 0.25) is 0 Å². The lowest BCUT2D eigenvalue weighted by molar-refractivity contribution is 0.0254. The van der Waals surface area contributed by atoms with Crippen molar-refractivity contribution >= 4 is 10.5 Å². The molecule has 0 aromatic rings. The van der Waals surface area contributed by atoms with E-state index in [-0.39, 0.29) is 5.60 Å². The van der Waals surface area contributed by atoms with E-state index < -0.39 is 0 Å². The molecule has 0 heterocycles. The summed E-state index contributed by atoms with van der Waals surface area (Å²) in [6, 6.07) is 0. The summed E-state index contributed by atoms with van der Waals surface area (Å²) in [7, 11) is 0.736. The Morgan fingerprint density at radius 2 is 0.963 bits per heavy atom. The molecule has 0 radical (unpaired) electrons. The maximum atomic E-state index is 6.17. The lowest BCUT2D eigenvalue weighted by atomic mass is 9.88. The molecule has 0 fully saturated rings. The van der Waals surface area contributed by atoms with Gasteiger partial charge in [-0.05, 0) is 80.1 Å². The summed E-state index contributed by atoms with van der Waals surface area (Å²) >= 11 is 0. The number of hydrogen-bond donors (Lipinski definition) is 0. The van der Waals surface area contributed by atoms with E-state index in [0.29, 0.717) is 0 Å². The van der Waals surface area contributed by atoms with Crippen LogP contribution in [-0.4, -0.2) is 35.9 Å². The van der Waals surface area contributed by atoms with Gasteiger partial charge < -0.3 is 18.6 Å². The Labute approximate surface area is 170 Å². The van der Waals surface area contributed by atoms with Crippen LogP contribution in [0, 0.1) is 0 Å². The molecule has 27 heavy (non-hydrogen) atoms. The SMILES string of the molecule is C/C=C(/C)OCCCC(CCCO/C(C)=C\C)(CCCO/C(C)=C\C)O[SiH3]. The molecule has 0 aliphatic heterocycles. The molecule has 0 aliphatic rings. The van der Waals surface area contributed by atoms with Gasteiger partial charge in [0.05, 0.1) is 42.7 Å². The fourth-order valence-corrected chi connectivity index (χ4v) is 3.43. The highest BCUT2D eigenvalue weighted by atomic mass is 28.2. The van der Waals surface area contributed by atoms with E-state index in [9.17, 15) is 0 Å². The highest BCUT2D eigenvalue weighted by Crippen LogP contribution is 2.29. The summed E-state index contributed by atoms with van der Waals surface area (Å²) in [5.41, 5.74) is -0.0835. The topological polar surface area (TPSA) is 36.9 Å². The molecule has 0 aliphatic carbocycles. The third kappa shape index (κ3) is 12.7. The van der Waals surface area contributed by atoms with Gasteiger partial charge in [-0.2, -0.15) is 0 Å². The second-order valence-corrected chi connectivity index (χ2v) is 7.35. The Morgan fingerprint density at radius 3 is 1.19 bits per heavy atom. The molecule has 0 spiro atoms. The Morgan fingerprint density at radius 1 is 0.667 bits per heavy atom. The van der Waals surface area contributed by atoms with Crippen LogP contribution in [0.5, 0.6) is 0 Å². The van der Waals surface area contributed by atoms with E-state index in [4.69, 9.17) is 18.6 Å². The average molecular weight is 399 g/mol. The molecule has 0 atom stereocenters. The highest BCUT2D eigenvalue weighted by Gasteiger charge is 2.28. The predicted octanol–water partition coefficient (Wildman–Crippen LogP) is 5.18. The van der Waals surface area contributed by atoms with E-state index in [0.717, 1.165) is 86.1 Å². The van der Waals surface area contributed by atoms with E-state index in [1.54, 1.807) is 0 Å². The van der Waals surface area contributed by atoms with Gasteiger partial charge in [0.2, 0.25) is 0 Å². The van der Waals surface area contributed by atoms with E-state index in [1.807, 2.05) is 59.8 Å². The van der Waals surface area contributed by atoms with Crippen LogP contribution in [-0.2, 0) is 18.6 Å². The molecule has 0 rings (SSSR count). The van der Waals surface area contributed by atoms with Gasteiger partial charge in [0.1, 0.15) is 10.5 Å². The monoisotopic (exact) mass is 398 g/mol. The minimum Gasteiger partial charge on any atom is -0.499 e. The van der Waals surface area contributed by atoms with Crippen LogP contribution < -0.4 is 0 Å². The Hall–Kier alpha value is -1.20. The van der Waals surface area contributed by atoms with Crippen molar-refractivity contribution in [3.63, 3.8) is 0 Å². The minimum atomic E-state index is -0.0835. The summed E-state index contributed by atoms with van der Waals surface area (Å²) in [6.07, 6.45) is 12.0. The first kappa shape index (κ1) is 25.8. The van der Waals surface area contributed by atoms with E-state index >= 15 is 0 Å². The van der Waals surface area contributed by atoms with Crippen LogP contribution in [0.3, 0.4) is 0 Å². The third-order valence-corrected chi connectivity index (χ3v) is 5.84. The molecule has 0 amide bonds. The predicted molar refractivity (Wildman–Crippen MR) is 118 cm³/mol. The zero-order valence-corrected chi connectivity index (χ0v) is 20.7. The van der Waals surface area contributed by atoms with Gasteiger partial charge in [0.15, 0.2) is 0 Å². The Balaban J connectivity index is 4.60. The van der Waals surface area contributed by atoms with E-state index in [2.05, 4.69) is 0 Å². The van der Waals surface area contributed by atoms with Gasteiger partial charge in [-0.1, -0.05) is 18.2 Å². The van der Waals surface area contributed by atoms with Crippen molar-refractivity contribution in [3.8, 4) is 0 Å². The van der Waals surface area contributed by atoms with Gasteiger partial charge in [0.25, 0.3) is 0 Å². The smallest absolute Gasteiger partial charge is 0.146 e. The van der Waals surface area contributed by atoms with Gasteiger partial charge in [-0.25, -0.2) is 0 Å². The molecule has 0 aromatic heterocycles. The molecule has 5 heteroatoms. The first-order valence-corrected chi connectivity index (χ1v) is 11.1. The lowest BCUT2D eigenvalue weighted by Gasteiger charge is -2.34. The maximum Gasteiger partial charge on any atom is 0.146 e. The number of allylic oxidation sites excluding steroid dienone is 6. The zero-order chi connectivity index (χ0) is 20.5. The van der Waals surface area contributed by atoms with Crippen LogP contribution in [0.15, 0.2) is 35.5 Å². The number of ether oxygens (including phenoxy) is 3. The molecule has 0 unspecified atom stereocenters. The molecular formula is C22H42O4Si. The second-order valence-electron chi connectivity index (χ2n) is 6.94. The summed E-state index contributed by atoms with van der Waals surface area (Å²) < 4.78 is 23.3. The molecular weight excluding hydrogens is 356 g/mol. The maximum absolute atomic E-state index is 6.17. The Kier molecular flexibility index (Phi) is 15.1.